The number of halogens is 1. The molecule has 3 atom stereocenters. The highest BCUT2D eigenvalue weighted by Gasteiger charge is 2.41. The number of ether oxygens (including phenoxy) is 7. The molecular weight excluding hydrogens is 1020 g/mol. The van der Waals surface area contributed by atoms with Gasteiger partial charge in [0.05, 0.1) is 89.4 Å². The lowest BCUT2D eigenvalue weighted by Gasteiger charge is -2.46. The van der Waals surface area contributed by atoms with Crippen molar-refractivity contribution in [1.29, 1.82) is 0 Å². The number of nitro groups is 2. The molecule has 2 amide bonds. The van der Waals surface area contributed by atoms with Crippen LogP contribution in [0, 0.1) is 42.4 Å². The largest absolute Gasteiger partial charge is 0.549 e. The van der Waals surface area contributed by atoms with Gasteiger partial charge in [0.15, 0.2) is 5.69 Å². The first-order valence-corrected chi connectivity index (χ1v) is 23.6. The van der Waals surface area contributed by atoms with Crippen LogP contribution in [0.5, 0.6) is 5.75 Å². The summed E-state index contributed by atoms with van der Waals surface area (Å²) < 4.78 is 35.0. The minimum absolute atomic E-state index is 0. The summed E-state index contributed by atoms with van der Waals surface area (Å²) in [5.41, 5.74) is -0.963. The van der Waals surface area contributed by atoms with Gasteiger partial charge in [0.1, 0.15) is 17.2 Å². The van der Waals surface area contributed by atoms with Crippen molar-refractivity contribution in [3.63, 3.8) is 0 Å². The standard InChI is InChI=1S/C21H25BrN6O8.C15H27NO2.C7H14O4.C5H12O2.H3N/c1-13(29)23-16-11-18(26(5-7-34-2)6-8-35-3)20(36-4)12-17(16)24-25-21-15(22)9-14(27(30)31)10-19(21)28(32)33;1-11(17)6-13-7-14(3,4)9-15(5,8-13)10-16-12(2)18;1-7(4-10-2,5-11-3)6(8)9;1-5(7-3)4-6-2;/h9-12H,5-8H2,1-4H3,(H,23,29);13H,6-10H2,1-5H3,(H,16,18);4-5H2,1-3H3,(H,8,9);5H,4H2,1-3H3;1H3. The Morgan fingerprint density at radius 2 is 1.42 bits per heavy atom. The number of nitro benzene ring substituents is 2. The number of non-ortho nitro benzene ring substituents is 1. The van der Waals surface area contributed by atoms with Gasteiger partial charge in [-0.25, -0.2) is 0 Å². The van der Waals surface area contributed by atoms with Crippen LogP contribution < -0.4 is 31.5 Å². The fraction of sp³-hybridized carbons (Fsp3) is 0.667. The Morgan fingerprint density at radius 3 is 1.84 bits per heavy atom. The maximum absolute atomic E-state index is 11.9. The van der Waals surface area contributed by atoms with E-state index >= 15 is 0 Å². The molecule has 416 valence electrons. The Labute approximate surface area is 437 Å². The maximum Gasteiger partial charge on any atom is 0.304 e. The summed E-state index contributed by atoms with van der Waals surface area (Å²) in [5, 5.41) is 46.8. The van der Waals surface area contributed by atoms with E-state index in [2.05, 4.69) is 57.6 Å². The Hall–Kier alpha value is -5.28. The fourth-order valence-corrected chi connectivity index (χ4v) is 8.60. The van der Waals surface area contributed by atoms with Crippen LogP contribution in [0.4, 0.5) is 34.1 Å². The molecule has 0 spiro atoms. The Balaban J connectivity index is 0. The van der Waals surface area contributed by atoms with Crippen LogP contribution in [0.15, 0.2) is 39.0 Å². The molecule has 2 aromatic rings. The zero-order valence-electron chi connectivity index (χ0n) is 45.6. The first kappa shape index (κ1) is 69.8. The van der Waals surface area contributed by atoms with Crippen LogP contribution in [0.2, 0.25) is 0 Å². The second kappa shape index (κ2) is 35.0. The van der Waals surface area contributed by atoms with Crippen LogP contribution in [-0.4, -0.2) is 142 Å². The number of azo groups is 1. The number of hydrogen-bond donors (Lipinski definition) is 3. The number of carbonyl (C=O) groups excluding carboxylic acids is 4. The number of aliphatic carboxylic acids is 1. The molecule has 1 fully saturated rings. The van der Waals surface area contributed by atoms with Gasteiger partial charge < -0.3 is 69.5 Å². The van der Waals surface area contributed by atoms with Crippen LogP contribution in [0.1, 0.15) is 81.1 Å². The molecule has 0 bridgehead atoms. The first-order chi connectivity index (χ1) is 33.6. The van der Waals surface area contributed by atoms with E-state index in [4.69, 9.17) is 33.2 Å². The van der Waals surface area contributed by atoms with Gasteiger partial charge in [0.25, 0.3) is 5.69 Å². The average Bonchev–Trinajstić information content (AvgIpc) is 3.27. The van der Waals surface area contributed by atoms with Crippen LogP contribution in [0.3, 0.4) is 0 Å². The Kier molecular flexibility index (Phi) is 33.5. The molecule has 1 aliphatic rings. The van der Waals surface area contributed by atoms with E-state index in [-0.39, 0.29) is 75.4 Å². The summed E-state index contributed by atoms with van der Waals surface area (Å²) in [7, 11) is 10.8. The van der Waals surface area contributed by atoms with Crippen molar-refractivity contribution in [2.24, 2.45) is 32.4 Å². The zero-order chi connectivity index (χ0) is 55.4. The third-order valence-electron chi connectivity index (χ3n) is 10.9. The van der Waals surface area contributed by atoms with Gasteiger partial charge in [-0.05, 0) is 78.8 Å². The number of hydrogen-bond acceptors (Lipinski definition) is 19. The van der Waals surface area contributed by atoms with Crippen molar-refractivity contribution in [1.82, 2.24) is 11.5 Å². The number of carbonyl (C=O) groups is 4. The van der Waals surface area contributed by atoms with Crippen molar-refractivity contribution in [3.8, 4) is 5.75 Å². The highest BCUT2D eigenvalue weighted by Crippen LogP contribution is 2.49. The minimum atomic E-state index is -1.15. The van der Waals surface area contributed by atoms with E-state index in [0.717, 1.165) is 37.9 Å². The number of Topliss-reactive ketones (excluding diaryl/α,β-unsaturated/α-hetero) is 1. The molecule has 6 N–H and O–H groups in total. The SMILES string of the molecule is CC(=O)CC1CC(C)(C)CC(C)(CNC(C)=O)C1.COCC(C)(COC)C(=O)[O-].COCC(C)OC.COCCN(CCOC)c1cc(NC(C)=O)c(N=Nc2c(Br)cc([N+](=O)[O-])cc2[N+](=O)[O-])cc1OC.[NH4+]. The quantitative estimate of drug-likeness (QED) is 0.0485. The molecule has 3 unspecified atom stereocenters. The number of quaternary nitrogens is 1. The molecule has 24 nitrogen and oxygen atoms in total. The van der Waals surface area contributed by atoms with Crippen LogP contribution in [-0.2, 0) is 47.6 Å². The molecule has 2 aromatic carbocycles. The van der Waals surface area contributed by atoms with Gasteiger partial charge in [-0.3, -0.25) is 29.8 Å². The molecule has 0 aromatic heterocycles. The molecule has 1 saturated carbocycles. The Bertz CT molecular complexity index is 2080. The van der Waals surface area contributed by atoms with Crippen molar-refractivity contribution in [3.05, 3.63) is 49.0 Å². The van der Waals surface area contributed by atoms with Gasteiger partial charge in [-0.15, -0.1) is 10.2 Å². The van der Waals surface area contributed by atoms with E-state index in [0.29, 0.717) is 56.7 Å². The smallest absolute Gasteiger partial charge is 0.304 e. The molecule has 3 rings (SSSR count). The normalized spacial score (nSPS) is 16.1. The first-order valence-electron chi connectivity index (χ1n) is 22.8. The van der Waals surface area contributed by atoms with Crippen LogP contribution in [0.25, 0.3) is 0 Å². The highest BCUT2D eigenvalue weighted by molar-refractivity contribution is 9.10. The number of methoxy groups -OCH3 is 7. The van der Waals surface area contributed by atoms with Crippen molar-refractivity contribution in [2.75, 3.05) is 113 Å². The lowest BCUT2D eigenvalue weighted by Crippen LogP contribution is -2.46. The van der Waals surface area contributed by atoms with Crippen molar-refractivity contribution in [2.45, 2.75) is 87.2 Å². The number of benzene rings is 2. The van der Waals surface area contributed by atoms with Gasteiger partial charge in [0.2, 0.25) is 11.8 Å². The summed E-state index contributed by atoms with van der Waals surface area (Å²) in [4.78, 5) is 67.8. The number of nitrogens with zero attached hydrogens (tertiary/aromatic N) is 5. The second-order valence-electron chi connectivity index (χ2n) is 18.7. The molecule has 0 aliphatic heterocycles. The average molecular weight is 1110 g/mol. The maximum atomic E-state index is 11.9. The van der Waals surface area contributed by atoms with E-state index in [1.165, 1.54) is 41.2 Å². The third kappa shape index (κ3) is 26.5. The second-order valence-corrected chi connectivity index (χ2v) is 19.5. The lowest BCUT2D eigenvalue weighted by atomic mass is 9.60. The van der Waals surface area contributed by atoms with Crippen LogP contribution >= 0.6 is 15.9 Å². The summed E-state index contributed by atoms with van der Waals surface area (Å²) in [6.45, 7) is 18.2. The summed E-state index contributed by atoms with van der Waals surface area (Å²) in [6.07, 6.45) is 4.16. The van der Waals surface area contributed by atoms with Gasteiger partial charge in [-0.1, -0.05) is 20.8 Å². The molecule has 0 saturated heterocycles. The number of carboxylic acid groups (broad SMARTS) is 1. The minimum Gasteiger partial charge on any atom is -0.549 e. The molecular formula is C48H81BrN8O16. The highest BCUT2D eigenvalue weighted by atomic mass is 79.9. The summed E-state index contributed by atoms with van der Waals surface area (Å²) in [5.74, 6) is -0.374. The third-order valence-corrected chi connectivity index (χ3v) is 11.5. The summed E-state index contributed by atoms with van der Waals surface area (Å²) >= 11 is 3.09. The van der Waals surface area contributed by atoms with E-state index in [1.807, 2.05) is 11.8 Å². The van der Waals surface area contributed by atoms with Gasteiger partial charge in [0, 0.05) is 94.7 Å². The number of anilines is 2. The zero-order valence-corrected chi connectivity index (χ0v) is 47.2. The molecule has 0 radical (unpaired) electrons. The number of ketones is 1. The van der Waals surface area contributed by atoms with E-state index in [9.17, 15) is 44.5 Å². The monoisotopic (exact) mass is 1100 g/mol. The number of amides is 2. The van der Waals surface area contributed by atoms with E-state index in [1.54, 1.807) is 48.4 Å². The molecule has 73 heavy (non-hydrogen) atoms. The van der Waals surface area contributed by atoms with E-state index < -0.39 is 32.6 Å². The number of carboxylic acids is 1. The van der Waals surface area contributed by atoms with Crippen molar-refractivity contribution >= 4 is 73.6 Å². The Morgan fingerprint density at radius 1 is 0.849 bits per heavy atom. The predicted octanol–water partition coefficient (Wildman–Crippen LogP) is 7.76. The molecule has 1 aliphatic carbocycles. The fourth-order valence-electron chi connectivity index (χ4n) is 8.09. The molecule has 0 heterocycles. The number of rotatable bonds is 25. The van der Waals surface area contributed by atoms with Gasteiger partial charge >= 0.3 is 5.69 Å². The topological polar surface area (TPSA) is 331 Å². The predicted molar refractivity (Wildman–Crippen MR) is 279 cm³/mol. The number of nitrogens with one attached hydrogen (secondary N) is 2. The van der Waals surface area contributed by atoms with Crippen molar-refractivity contribution < 1.29 is 67.3 Å². The summed E-state index contributed by atoms with van der Waals surface area (Å²) in [6, 6.07) is 5.03. The lowest BCUT2D eigenvalue weighted by molar-refractivity contribution is -0.393. The molecule has 25 heteroatoms. The van der Waals surface area contributed by atoms with Gasteiger partial charge in [-0.2, -0.15) is 0 Å².